The molecule has 2 aromatic carbocycles. The van der Waals surface area contributed by atoms with E-state index in [1.54, 1.807) is 11.0 Å². The minimum absolute atomic E-state index is 0.162. The highest BCUT2D eigenvalue weighted by Crippen LogP contribution is 2.33. The van der Waals surface area contributed by atoms with Gasteiger partial charge in [-0.25, -0.2) is 4.79 Å². The van der Waals surface area contributed by atoms with Crippen molar-refractivity contribution in [3.63, 3.8) is 0 Å². The standard InChI is InChI=1S/C22H23NO5/c1-27-21(25)16-9-11-23(12-10-16)19(24)13-28-22(26)18-8-7-15-6-5-14-3-2-4-17(18)20(14)15/h2-4,7-8,16H,5-6,9-13H2,1H3. The minimum atomic E-state index is -0.478. The summed E-state index contributed by atoms with van der Waals surface area (Å²) < 4.78 is 10.1. The molecule has 0 radical (unpaired) electrons. The van der Waals surface area contributed by atoms with Crippen molar-refractivity contribution in [3.05, 3.63) is 47.0 Å². The number of ether oxygens (including phenoxy) is 2. The van der Waals surface area contributed by atoms with Crippen molar-refractivity contribution >= 4 is 28.6 Å². The lowest BCUT2D eigenvalue weighted by Gasteiger charge is -2.30. The Bertz CT molecular complexity index is 933. The third kappa shape index (κ3) is 3.35. The molecule has 4 rings (SSSR count). The van der Waals surface area contributed by atoms with Crippen LogP contribution in [0.2, 0.25) is 0 Å². The molecule has 1 aliphatic carbocycles. The van der Waals surface area contributed by atoms with Crippen LogP contribution in [0.25, 0.3) is 10.8 Å². The number of hydrogen-bond donors (Lipinski definition) is 0. The van der Waals surface area contributed by atoms with Crippen molar-refractivity contribution in [2.75, 3.05) is 26.8 Å². The molecule has 0 N–H and O–H groups in total. The first-order valence-electron chi connectivity index (χ1n) is 9.64. The second kappa shape index (κ2) is 7.62. The first-order valence-corrected chi connectivity index (χ1v) is 9.64. The molecule has 0 atom stereocenters. The lowest BCUT2D eigenvalue weighted by molar-refractivity contribution is -0.149. The summed E-state index contributed by atoms with van der Waals surface area (Å²) >= 11 is 0. The average Bonchev–Trinajstić information content (AvgIpc) is 3.16. The smallest absolute Gasteiger partial charge is 0.339 e. The molecule has 0 aromatic heterocycles. The monoisotopic (exact) mass is 381 g/mol. The molecule has 6 heteroatoms. The molecule has 0 unspecified atom stereocenters. The average molecular weight is 381 g/mol. The van der Waals surface area contributed by atoms with E-state index in [1.807, 2.05) is 18.2 Å². The highest BCUT2D eigenvalue weighted by atomic mass is 16.5. The van der Waals surface area contributed by atoms with E-state index >= 15 is 0 Å². The summed E-state index contributed by atoms with van der Waals surface area (Å²) in [4.78, 5) is 38.2. The van der Waals surface area contributed by atoms with Gasteiger partial charge in [-0.2, -0.15) is 0 Å². The summed E-state index contributed by atoms with van der Waals surface area (Å²) in [6.07, 6.45) is 3.12. The molecule has 1 saturated heterocycles. The quantitative estimate of drug-likeness (QED) is 0.761. The number of methoxy groups -OCH3 is 1. The molecule has 146 valence electrons. The van der Waals surface area contributed by atoms with E-state index in [9.17, 15) is 14.4 Å². The van der Waals surface area contributed by atoms with Crippen LogP contribution in [0.5, 0.6) is 0 Å². The Hall–Kier alpha value is -2.89. The Labute approximate surface area is 163 Å². The Morgan fingerprint density at radius 2 is 1.75 bits per heavy atom. The van der Waals surface area contributed by atoms with Crippen molar-refractivity contribution in [2.45, 2.75) is 25.7 Å². The maximum Gasteiger partial charge on any atom is 0.339 e. The predicted molar refractivity (Wildman–Crippen MR) is 103 cm³/mol. The van der Waals surface area contributed by atoms with E-state index in [0.29, 0.717) is 31.5 Å². The maximum atomic E-state index is 12.6. The van der Waals surface area contributed by atoms with E-state index in [4.69, 9.17) is 9.47 Å². The van der Waals surface area contributed by atoms with Crippen LogP contribution in [0.3, 0.4) is 0 Å². The summed E-state index contributed by atoms with van der Waals surface area (Å²) in [5, 5.41) is 2.04. The van der Waals surface area contributed by atoms with Gasteiger partial charge in [0.25, 0.3) is 5.91 Å². The van der Waals surface area contributed by atoms with Gasteiger partial charge < -0.3 is 14.4 Å². The van der Waals surface area contributed by atoms with Gasteiger partial charge in [-0.05, 0) is 53.6 Å². The van der Waals surface area contributed by atoms with E-state index in [2.05, 4.69) is 6.07 Å². The van der Waals surface area contributed by atoms with Gasteiger partial charge in [0.05, 0.1) is 18.6 Å². The van der Waals surface area contributed by atoms with Gasteiger partial charge in [0.2, 0.25) is 0 Å². The molecular formula is C22H23NO5. The molecule has 0 bridgehead atoms. The Balaban J connectivity index is 1.39. The molecule has 1 heterocycles. The fourth-order valence-corrected chi connectivity index (χ4v) is 4.25. The number of carbonyl (C=O) groups is 3. The number of piperidine rings is 1. The molecule has 0 saturated carbocycles. The molecule has 1 amide bonds. The number of benzene rings is 2. The second-order valence-electron chi connectivity index (χ2n) is 7.37. The maximum absolute atomic E-state index is 12.6. The van der Waals surface area contributed by atoms with Crippen LogP contribution in [0, 0.1) is 5.92 Å². The number of carbonyl (C=O) groups excluding carboxylic acids is 3. The minimum Gasteiger partial charge on any atom is -0.469 e. The molecule has 6 nitrogen and oxygen atoms in total. The number of hydrogen-bond acceptors (Lipinski definition) is 5. The fourth-order valence-electron chi connectivity index (χ4n) is 4.25. The van der Waals surface area contributed by atoms with Crippen LogP contribution in [-0.4, -0.2) is 49.6 Å². The van der Waals surface area contributed by atoms with E-state index in [-0.39, 0.29) is 24.4 Å². The third-order valence-corrected chi connectivity index (χ3v) is 5.81. The van der Waals surface area contributed by atoms with Crippen LogP contribution in [0.4, 0.5) is 0 Å². The predicted octanol–water partition coefficient (Wildman–Crippen LogP) is 2.51. The number of likely N-dealkylation sites (tertiary alicyclic amines) is 1. The normalized spacial score (nSPS) is 16.2. The van der Waals surface area contributed by atoms with Gasteiger partial charge in [0.1, 0.15) is 0 Å². The van der Waals surface area contributed by atoms with Gasteiger partial charge >= 0.3 is 11.9 Å². The van der Waals surface area contributed by atoms with Crippen LogP contribution >= 0.6 is 0 Å². The zero-order chi connectivity index (χ0) is 19.7. The van der Waals surface area contributed by atoms with Gasteiger partial charge in [-0.15, -0.1) is 0 Å². The highest BCUT2D eigenvalue weighted by molar-refractivity contribution is 6.07. The lowest BCUT2D eigenvalue weighted by Crippen LogP contribution is -2.42. The topological polar surface area (TPSA) is 72.9 Å². The summed E-state index contributed by atoms with van der Waals surface area (Å²) in [5.41, 5.74) is 3.01. The van der Waals surface area contributed by atoms with Crippen LogP contribution in [-0.2, 0) is 31.9 Å². The van der Waals surface area contributed by atoms with E-state index in [1.165, 1.54) is 18.2 Å². The van der Waals surface area contributed by atoms with Crippen molar-refractivity contribution in [1.82, 2.24) is 4.90 Å². The Kier molecular flexibility index (Phi) is 5.03. The van der Waals surface area contributed by atoms with Crippen LogP contribution < -0.4 is 0 Å². The zero-order valence-corrected chi connectivity index (χ0v) is 15.9. The summed E-state index contributed by atoms with van der Waals surface area (Å²) in [6.45, 7) is 0.652. The van der Waals surface area contributed by atoms with Crippen molar-refractivity contribution < 1.29 is 23.9 Å². The van der Waals surface area contributed by atoms with Crippen molar-refractivity contribution in [2.24, 2.45) is 5.92 Å². The summed E-state index contributed by atoms with van der Waals surface area (Å²) in [6, 6.07) is 9.76. The van der Waals surface area contributed by atoms with Gasteiger partial charge in [-0.3, -0.25) is 9.59 Å². The highest BCUT2D eigenvalue weighted by Gasteiger charge is 2.28. The molecule has 2 aromatic rings. The zero-order valence-electron chi connectivity index (χ0n) is 15.9. The number of nitrogens with zero attached hydrogens (tertiary/aromatic N) is 1. The molecule has 2 aliphatic rings. The van der Waals surface area contributed by atoms with E-state index in [0.717, 1.165) is 23.6 Å². The number of amides is 1. The summed E-state index contributed by atoms with van der Waals surface area (Å²) in [5.74, 6) is -1.10. The molecule has 28 heavy (non-hydrogen) atoms. The number of esters is 2. The first kappa shape index (κ1) is 18.5. The van der Waals surface area contributed by atoms with Crippen molar-refractivity contribution in [1.29, 1.82) is 0 Å². The molecule has 0 spiro atoms. The number of aryl methyl sites for hydroxylation is 2. The lowest BCUT2D eigenvalue weighted by atomic mass is 9.97. The molecule has 1 fully saturated rings. The number of rotatable bonds is 4. The van der Waals surface area contributed by atoms with Crippen LogP contribution in [0.1, 0.15) is 34.3 Å². The fraction of sp³-hybridized carbons (Fsp3) is 0.409. The largest absolute Gasteiger partial charge is 0.469 e. The SMILES string of the molecule is COC(=O)C1CCN(C(=O)COC(=O)c2ccc3c4c(cccc24)CC3)CC1. The second-order valence-corrected chi connectivity index (χ2v) is 7.37. The van der Waals surface area contributed by atoms with Crippen molar-refractivity contribution in [3.8, 4) is 0 Å². The van der Waals surface area contributed by atoms with E-state index < -0.39 is 5.97 Å². The van der Waals surface area contributed by atoms with Gasteiger partial charge in [0, 0.05) is 13.1 Å². The Morgan fingerprint density at radius 1 is 1.04 bits per heavy atom. The van der Waals surface area contributed by atoms with Crippen LogP contribution in [0.15, 0.2) is 30.3 Å². The molecular weight excluding hydrogens is 358 g/mol. The third-order valence-electron chi connectivity index (χ3n) is 5.81. The molecule has 1 aliphatic heterocycles. The first-order chi connectivity index (χ1) is 13.6. The Morgan fingerprint density at radius 3 is 2.46 bits per heavy atom. The summed E-state index contributed by atoms with van der Waals surface area (Å²) in [7, 11) is 1.37. The van der Waals surface area contributed by atoms with Gasteiger partial charge in [0.15, 0.2) is 6.61 Å². The van der Waals surface area contributed by atoms with Gasteiger partial charge in [-0.1, -0.05) is 24.3 Å².